The topological polar surface area (TPSA) is 69.7 Å². The van der Waals surface area contributed by atoms with E-state index in [1.807, 2.05) is 0 Å². The van der Waals surface area contributed by atoms with Crippen molar-refractivity contribution in [2.45, 2.75) is 76.7 Å². The lowest BCUT2D eigenvalue weighted by molar-refractivity contribution is -0.143. The summed E-state index contributed by atoms with van der Waals surface area (Å²) in [7, 11) is 0. The standard InChI is InChI=1S/C22H35N3O3/c26-20(15-25-21(27)18-8-4-5-9-19(18)22(25)28)23-17-10-12-24(13-11-17)14-16-6-2-1-3-7-16/h16-19H,1-15H2,(H,23,26). The minimum absolute atomic E-state index is 0.0903. The third-order valence-electron chi connectivity index (χ3n) is 7.43. The van der Waals surface area contributed by atoms with Crippen LogP contribution in [0.25, 0.3) is 0 Å². The van der Waals surface area contributed by atoms with E-state index in [4.69, 9.17) is 0 Å². The minimum Gasteiger partial charge on any atom is -0.352 e. The average molecular weight is 390 g/mol. The van der Waals surface area contributed by atoms with Crippen LogP contribution in [0.3, 0.4) is 0 Å². The van der Waals surface area contributed by atoms with Gasteiger partial charge >= 0.3 is 0 Å². The number of imide groups is 1. The molecule has 0 aromatic heterocycles. The fourth-order valence-corrected chi connectivity index (χ4v) is 5.80. The second kappa shape index (κ2) is 8.93. The molecule has 2 aliphatic carbocycles. The van der Waals surface area contributed by atoms with Gasteiger partial charge in [-0.25, -0.2) is 0 Å². The number of nitrogens with one attached hydrogen (secondary N) is 1. The number of likely N-dealkylation sites (tertiary alicyclic amines) is 2. The molecule has 4 fully saturated rings. The van der Waals surface area contributed by atoms with Crippen molar-refractivity contribution in [2.75, 3.05) is 26.2 Å². The molecule has 0 spiro atoms. The molecule has 6 heteroatoms. The van der Waals surface area contributed by atoms with Crippen LogP contribution >= 0.6 is 0 Å². The van der Waals surface area contributed by atoms with E-state index in [0.717, 1.165) is 57.5 Å². The smallest absolute Gasteiger partial charge is 0.240 e. The van der Waals surface area contributed by atoms with Crippen LogP contribution in [-0.4, -0.2) is 59.7 Å². The number of carbonyl (C=O) groups excluding carboxylic acids is 3. The summed E-state index contributed by atoms with van der Waals surface area (Å²) in [5.41, 5.74) is 0. The molecule has 4 rings (SSSR count). The number of amides is 3. The van der Waals surface area contributed by atoms with Crippen LogP contribution in [0.5, 0.6) is 0 Å². The molecule has 156 valence electrons. The SMILES string of the molecule is O=C(CN1C(=O)C2CCCCC2C1=O)NC1CCN(CC2CCCCC2)CC1. The maximum absolute atomic E-state index is 12.5. The summed E-state index contributed by atoms with van der Waals surface area (Å²) in [4.78, 5) is 41.3. The van der Waals surface area contributed by atoms with Crippen molar-refractivity contribution in [3.05, 3.63) is 0 Å². The third-order valence-corrected chi connectivity index (χ3v) is 7.43. The van der Waals surface area contributed by atoms with Gasteiger partial charge in [-0.3, -0.25) is 19.3 Å². The van der Waals surface area contributed by atoms with Gasteiger partial charge in [0.05, 0.1) is 11.8 Å². The summed E-state index contributed by atoms with van der Waals surface area (Å²) in [5, 5.41) is 3.08. The fourth-order valence-electron chi connectivity index (χ4n) is 5.80. The fraction of sp³-hybridized carbons (Fsp3) is 0.864. The van der Waals surface area contributed by atoms with Crippen LogP contribution in [0.4, 0.5) is 0 Å². The van der Waals surface area contributed by atoms with Crippen molar-refractivity contribution in [1.82, 2.24) is 15.1 Å². The Balaban J connectivity index is 1.20. The second-order valence-corrected chi connectivity index (χ2v) is 9.41. The maximum Gasteiger partial charge on any atom is 0.240 e. The first-order valence-electron chi connectivity index (χ1n) is 11.5. The van der Waals surface area contributed by atoms with E-state index in [0.29, 0.717) is 0 Å². The molecule has 0 radical (unpaired) electrons. The Morgan fingerprint density at radius 1 is 0.821 bits per heavy atom. The number of piperidine rings is 1. The molecule has 2 heterocycles. The summed E-state index contributed by atoms with van der Waals surface area (Å²) in [6.45, 7) is 3.19. The normalized spacial score (nSPS) is 30.5. The molecule has 2 saturated carbocycles. The summed E-state index contributed by atoms with van der Waals surface area (Å²) < 4.78 is 0. The van der Waals surface area contributed by atoms with Crippen molar-refractivity contribution in [1.29, 1.82) is 0 Å². The predicted molar refractivity (Wildman–Crippen MR) is 106 cm³/mol. The van der Waals surface area contributed by atoms with Gasteiger partial charge in [0.2, 0.25) is 17.7 Å². The monoisotopic (exact) mass is 389 g/mol. The Bertz CT molecular complexity index is 570. The lowest BCUT2D eigenvalue weighted by Gasteiger charge is -2.35. The average Bonchev–Trinajstić information content (AvgIpc) is 2.95. The van der Waals surface area contributed by atoms with Crippen molar-refractivity contribution in [3.63, 3.8) is 0 Å². The summed E-state index contributed by atoms with van der Waals surface area (Å²) in [6.07, 6.45) is 12.5. The number of hydrogen-bond acceptors (Lipinski definition) is 4. The van der Waals surface area contributed by atoms with Gasteiger partial charge in [-0.1, -0.05) is 32.1 Å². The van der Waals surface area contributed by atoms with Gasteiger partial charge in [0.25, 0.3) is 0 Å². The van der Waals surface area contributed by atoms with E-state index in [1.165, 1.54) is 43.5 Å². The van der Waals surface area contributed by atoms with Gasteiger partial charge in [0, 0.05) is 25.7 Å². The van der Waals surface area contributed by atoms with E-state index in [2.05, 4.69) is 10.2 Å². The zero-order chi connectivity index (χ0) is 19.5. The van der Waals surface area contributed by atoms with E-state index >= 15 is 0 Å². The van der Waals surface area contributed by atoms with Crippen LogP contribution in [-0.2, 0) is 14.4 Å². The lowest BCUT2D eigenvalue weighted by atomic mass is 9.81. The number of hydrogen-bond donors (Lipinski definition) is 1. The van der Waals surface area contributed by atoms with Crippen LogP contribution in [0.2, 0.25) is 0 Å². The first-order chi connectivity index (χ1) is 13.6. The van der Waals surface area contributed by atoms with Gasteiger partial charge in [-0.15, -0.1) is 0 Å². The molecular formula is C22H35N3O3. The highest BCUT2D eigenvalue weighted by atomic mass is 16.2. The number of rotatable bonds is 5. The Morgan fingerprint density at radius 3 is 2.00 bits per heavy atom. The molecule has 3 amide bonds. The molecule has 4 aliphatic rings. The van der Waals surface area contributed by atoms with Crippen molar-refractivity contribution >= 4 is 17.7 Å². The molecule has 2 unspecified atom stereocenters. The van der Waals surface area contributed by atoms with Crippen LogP contribution < -0.4 is 5.32 Å². The van der Waals surface area contributed by atoms with E-state index < -0.39 is 0 Å². The highest BCUT2D eigenvalue weighted by Crippen LogP contribution is 2.37. The van der Waals surface area contributed by atoms with E-state index in [9.17, 15) is 14.4 Å². The van der Waals surface area contributed by atoms with Gasteiger partial charge < -0.3 is 10.2 Å². The highest BCUT2D eigenvalue weighted by molar-refractivity contribution is 6.07. The Morgan fingerprint density at radius 2 is 1.39 bits per heavy atom. The van der Waals surface area contributed by atoms with E-state index in [-0.39, 0.29) is 42.1 Å². The molecule has 0 bridgehead atoms. The van der Waals surface area contributed by atoms with Gasteiger partial charge in [-0.05, 0) is 44.4 Å². The molecule has 2 saturated heterocycles. The molecule has 0 aromatic carbocycles. The second-order valence-electron chi connectivity index (χ2n) is 9.41. The first kappa shape index (κ1) is 19.9. The quantitative estimate of drug-likeness (QED) is 0.733. The Hall–Kier alpha value is -1.43. The van der Waals surface area contributed by atoms with Gasteiger partial charge in [-0.2, -0.15) is 0 Å². The summed E-state index contributed by atoms with van der Waals surface area (Å²) >= 11 is 0. The molecule has 0 aromatic rings. The molecule has 2 atom stereocenters. The molecular weight excluding hydrogens is 354 g/mol. The van der Waals surface area contributed by atoms with Gasteiger partial charge in [0.1, 0.15) is 6.54 Å². The number of nitrogens with zero attached hydrogens (tertiary/aromatic N) is 2. The largest absolute Gasteiger partial charge is 0.352 e. The lowest BCUT2D eigenvalue weighted by Crippen LogP contribution is -2.49. The zero-order valence-corrected chi connectivity index (χ0v) is 17.0. The first-order valence-corrected chi connectivity index (χ1v) is 11.5. The third kappa shape index (κ3) is 4.42. The number of fused-ring (bicyclic) bond motifs is 1. The Labute approximate surface area is 168 Å². The predicted octanol–water partition coefficient (Wildman–Crippen LogP) is 2.32. The summed E-state index contributed by atoms with van der Waals surface area (Å²) in [5.74, 6) is 0.107. The number of carbonyl (C=O) groups is 3. The molecule has 1 N–H and O–H groups in total. The highest BCUT2D eigenvalue weighted by Gasteiger charge is 2.48. The minimum atomic E-state index is -0.175. The van der Waals surface area contributed by atoms with E-state index in [1.54, 1.807) is 0 Å². The van der Waals surface area contributed by atoms with Crippen molar-refractivity contribution in [2.24, 2.45) is 17.8 Å². The van der Waals surface area contributed by atoms with Crippen molar-refractivity contribution < 1.29 is 14.4 Å². The summed E-state index contributed by atoms with van der Waals surface area (Å²) in [6, 6.07) is 0.171. The van der Waals surface area contributed by atoms with Gasteiger partial charge in [0.15, 0.2) is 0 Å². The van der Waals surface area contributed by atoms with Crippen LogP contribution in [0.1, 0.15) is 70.6 Å². The van der Waals surface area contributed by atoms with Crippen LogP contribution in [0.15, 0.2) is 0 Å². The van der Waals surface area contributed by atoms with Crippen molar-refractivity contribution in [3.8, 4) is 0 Å². The van der Waals surface area contributed by atoms with Crippen LogP contribution in [0, 0.1) is 17.8 Å². The molecule has 6 nitrogen and oxygen atoms in total. The zero-order valence-electron chi connectivity index (χ0n) is 17.0. The molecule has 28 heavy (non-hydrogen) atoms. The maximum atomic E-state index is 12.5. The Kier molecular flexibility index (Phi) is 6.34. The molecule has 2 aliphatic heterocycles.